The zero-order valence-corrected chi connectivity index (χ0v) is 10.7. The number of benzene rings is 2. The largest absolute Gasteiger partial charge is 0.295 e. The van der Waals surface area contributed by atoms with Gasteiger partial charge in [-0.3, -0.25) is 5.32 Å². The molecule has 2 heteroatoms. The second-order valence-electron chi connectivity index (χ2n) is 4.25. The minimum absolute atomic E-state index is 0.289. The van der Waals surface area contributed by atoms with E-state index >= 15 is 0 Å². The van der Waals surface area contributed by atoms with Crippen molar-refractivity contribution in [3.05, 3.63) is 72.8 Å². The monoisotopic (exact) mass is 248 g/mol. The van der Waals surface area contributed by atoms with Gasteiger partial charge in [-0.05, 0) is 16.7 Å². The topological polar surface area (TPSA) is 35.8 Å². The first-order valence-electron chi connectivity index (χ1n) is 6.24. The van der Waals surface area contributed by atoms with E-state index in [9.17, 15) is 0 Å². The predicted octanol–water partition coefficient (Wildman–Crippen LogP) is 3.69. The maximum absolute atomic E-state index is 9.15. The summed E-state index contributed by atoms with van der Waals surface area (Å²) in [5.74, 6) is 0. The predicted molar refractivity (Wildman–Crippen MR) is 78.4 cm³/mol. The Bertz CT molecular complexity index is 564. The van der Waals surface area contributed by atoms with Gasteiger partial charge in [-0.25, -0.2) is 0 Å². The van der Waals surface area contributed by atoms with E-state index in [0.717, 1.165) is 11.1 Å². The molecule has 2 aromatic rings. The minimum atomic E-state index is -0.289. The van der Waals surface area contributed by atoms with Crippen molar-refractivity contribution in [2.45, 2.75) is 6.04 Å². The van der Waals surface area contributed by atoms with E-state index in [2.05, 4.69) is 30.1 Å². The summed E-state index contributed by atoms with van der Waals surface area (Å²) in [6.45, 7) is 4.27. The molecule has 0 saturated heterocycles. The van der Waals surface area contributed by atoms with Crippen molar-refractivity contribution >= 4 is 0 Å². The number of hydrogen-bond acceptors (Lipinski definition) is 2. The van der Waals surface area contributed by atoms with E-state index in [0.29, 0.717) is 6.54 Å². The van der Waals surface area contributed by atoms with Gasteiger partial charge < -0.3 is 0 Å². The van der Waals surface area contributed by atoms with Crippen LogP contribution in [0.25, 0.3) is 11.1 Å². The van der Waals surface area contributed by atoms with Crippen LogP contribution in [0.2, 0.25) is 0 Å². The van der Waals surface area contributed by atoms with Crippen LogP contribution in [0.1, 0.15) is 11.6 Å². The maximum Gasteiger partial charge on any atom is 0.121 e. The van der Waals surface area contributed by atoms with Crippen molar-refractivity contribution in [2.75, 3.05) is 6.54 Å². The lowest BCUT2D eigenvalue weighted by atomic mass is 10.0. The van der Waals surface area contributed by atoms with E-state index < -0.39 is 0 Å². The summed E-state index contributed by atoms with van der Waals surface area (Å²) in [6.07, 6.45) is 1.75. The van der Waals surface area contributed by atoms with Gasteiger partial charge in [0.1, 0.15) is 6.04 Å². The number of hydrogen-bond donors (Lipinski definition) is 1. The molecule has 0 amide bonds. The van der Waals surface area contributed by atoms with Gasteiger partial charge in [0, 0.05) is 6.54 Å². The average molecular weight is 248 g/mol. The molecule has 0 aliphatic heterocycles. The molecule has 1 unspecified atom stereocenters. The number of nitrogens with zero attached hydrogens (tertiary/aromatic N) is 1. The normalized spacial score (nSPS) is 11.5. The van der Waals surface area contributed by atoms with Gasteiger partial charge >= 0.3 is 0 Å². The van der Waals surface area contributed by atoms with Gasteiger partial charge in [0.05, 0.1) is 6.07 Å². The first-order chi connectivity index (χ1) is 9.35. The molecule has 0 radical (unpaired) electrons. The Kier molecular flexibility index (Phi) is 4.49. The molecule has 0 aliphatic carbocycles. The summed E-state index contributed by atoms with van der Waals surface area (Å²) in [5, 5.41) is 12.3. The Morgan fingerprint density at radius 3 is 2.26 bits per heavy atom. The zero-order chi connectivity index (χ0) is 13.5. The molecule has 1 atom stereocenters. The molecule has 0 saturated carbocycles. The summed E-state index contributed by atoms with van der Waals surface area (Å²) in [7, 11) is 0. The van der Waals surface area contributed by atoms with Crippen LogP contribution < -0.4 is 5.32 Å². The second kappa shape index (κ2) is 6.53. The van der Waals surface area contributed by atoms with Crippen LogP contribution in [0.5, 0.6) is 0 Å². The number of nitrogens with one attached hydrogen (secondary N) is 1. The quantitative estimate of drug-likeness (QED) is 0.819. The molecule has 94 valence electrons. The Morgan fingerprint density at radius 2 is 1.68 bits per heavy atom. The SMILES string of the molecule is C=CCNC(C#N)c1ccc(-c2ccccc2)cc1. The van der Waals surface area contributed by atoms with Crippen LogP contribution in [0.4, 0.5) is 0 Å². The Balaban J connectivity index is 2.18. The summed E-state index contributed by atoms with van der Waals surface area (Å²) in [5.41, 5.74) is 3.32. The highest BCUT2D eigenvalue weighted by Crippen LogP contribution is 2.21. The minimum Gasteiger partial charge on any atom is -0.295 e. The molecule has 0 aliphatic rings. The molecule has 19 heavy (non-hydrogen) atoms. The summed E-state index contributed by atoms with van der Waals surface area (Å²) < 4.78 is 0. The summed E-state index contributed by atoms with van der Waals surface area (Å²) >= 11 is 0. The Hall–Kier alpha value is -2.37. The standard InChI is InChI=1S/C17H16N2/c1-2-12-19-17(13-18)16-10-8-15(9-11-16)14-6-4-3-5-7-14/h2-11,17,19H,1,12H2. The van der Waals surface area contributed by atoms with Crippen LogP contribution in [0, 0.1) is 11.3 Å². The first-order valence-corrected chi connectivity index (χ1v) is 6.24. The van der Waals surface area contributed by atoms with Crippen LogP contribution in [0.15, 0.2) is 67.3 Å². The van der Waals surface area contributed by atoms with Crippen molar-refractivity contribution in [1.82, 2.24) is 5.32 Å². The van der Waals surface area contributed by atoms with Gasteiger partial charge in [-0.1, -0.05) is 60.7 Å². The highest BCUT2D eigenvalue weighted by Gasteiger charge is 2.08. The highest BCUT2D eigenvalue weighted by atomic mass is 14.9. The molecule has 0 bridgehead atoms. The average Bonchev–Trinajstić information content (AvgIpc) is 2.49. The second-order valence-corrected chi connectivity index (χ2v) is 4.25. The lowest BCUT2D eigenvalue weighted by Crippen LogP contribution is -2.19. The molecule has 1 N–H and O–H groups in total. The summed E-state index contributed by atoms with van der Waals surface area (Å²) in [4.78, 5) is 0. The van der Waals surface area contributed by atoms with Crippen LogP contribution in [-0.2, 0) is 0 Å². The molecule has 0 aromatic heterocycles. The third-order valence-electron chi connectivity index (χ3n) is 2.95. The Morgan fingerprint density at radius 1 is 1.05 bits per heavy atom. The lowest BCUT2D eigenvalue weighted by Gasteiger charge is -2.11. The fourth-order valence-electron chi connectivity index (χ4n) is 1.94. The van der Waals surface area contributed by atoms with E-state index in [-0.39, 0.29) is 6.04 Å². The van der Waals surface area contributed by atoms with Crippen LogP contribution >= 0.6 is 0 Å². The molecule has 0 heterocycles. The van der Waals surface area contributed by atoms with E-state index in [1.165, 1.54) is 5.56 Å². The smallest absolute Gasteiger partial charge is 0.121 e. The Labute approximate surface area is 114 Å². The highest BCUT2D eigenvalue weighted by molar-refractivity contribution is 5.63. The molecule has 2 aromatic carbocycles. The zero-order valence-electron chi connectivity index (χ0n) is 10.7. The van der Waals surface area contributed by atoms with Crippen LogP contribution in [-0.4, -0.2) is 6.54 Å². The number of nitriles is 1. The molecule has 0 spiro atoms. The van der Waals surface area contributed by atoms with Crippen molar-refractivity contribution in [1.29, 1.82) is 5.26 Å². The van der Waals surface area contributed by atoms with Gasteiger partial charge in [0.15, 0.2) is 0 Å². The van der Waals surface area contributed by atoms with Gasteiger partial charge in [0.25, 0.3) is 0 Å². The molecule has 0 fully saturated rings. The molecule has 2 nitrogen and oxygen atoms in total. The van der Waals surface area contributed by atoms with Gasteiger partial charge in [0.2, 0.25) is 0 Å². The van der Waals surface area contributed by atoms with Crippen molar-refractivity contribution in [2.24, 2.45) is 0 Å². The summed E-state index contributed by atoms with van der Waals surface area (Å²) in [6, 6.07) is 20.2. The molecular weight excluding hydrogens is 232 g/mol. The maximum atomic E-state index is 9.15. The van der Waals surface area contributed by atoms with Crippen molar-refractivity contribution in [3.8, 4) is 17.2 Å². The number of rotatable bonds is 5. The van der Waals surface area contributed by atoms with Gasteiger partial charge in [-0.15, -0.1) is 6.58 Å². The fourth-order valence-corrected chi connectivity index (χ4v) is 1.94. The van der Waals surface area contributed by atoms with E-state index in [4.69, 9.17) is 5.26 Å². The first kappa shape index (κ1) is 13.1. The van der Waals surface area contributed by atoms with Crippen LogP contribution in [0.3, 0.4) is 0 Å². The van der Waals surface area contributed by atoms with Crippen molar-refractivity contribution in [3.63, 3.8) is 0 Å². The van der Waals surface area contributed by atoms with E-state index in [1.807, 2.05) is 42.5 Å². The third-order valence-corrected chi connectivity index (χ3v) is 2.95. The third kappa shape index (κ3) is 3.31. The molecular formula is C17H16N2. The fraction of sp³-hybridized carbons (Fsp3) is 0.118. The van der Waals surface area contributed by atoms with E-state index in [1.54, 1.807) is 6.08 Å². The molecule has 2 rings (SSSR count). The van der Waals surface area contributed by atoms with Crippen molar-refractivity contribution < 1.29 is 0 Å². The lowest BCUT2D eigenvalue weighted by molar-refractivity contribution is 0.683. The van der Waals surface area contributed by atoms with Gasteiger partial charge in [-0.2, -0.15) is 5.26 Å².